The number of rotatable bonds is 6. The van der Waals surface area contributed by atoms with Crippen LogP contribution in [0.1, 0.15) is 40.5 Å². The molecule has 0 aromatic heterocycles. The predicted molar refractivity (Wildman–Crippen MR) is 83.9 cm³/mol. The molecular formula is C18H28O4. The van der Waals surface area contributed by atoms with Crippen molar-refractivity contribution in [2.75, 3.05) is 13.2 Å². The van der Waals surface area contributed by atoms with Crippen molar-refractivity contribution in [1.82, 2.24) is 0 Å². The van der Waals surface area contributed by atoms with E-state index in [4.69, 9.17) is 9.47 Å². The van der Waals surface area contributed by atoms with Gasteiger partial charge in [0.15, 0.2) is 0 Å². The molecule has 4 nitrogen and oxygen atoms in total. The van der Waals surface area contributed by atoms with E-state index in [0.29, 0.717) is 25.0 Å². The van der Waals surface area contributed by atoms with Crippen molar-refractivity contribution in [3.63, 3.8) is 0 Å². The number of ether oxygens (including phenoxy) is 2. The van der Waals surface area contributed by atoms with Gasteiger partial charge in [-0.3, -0.25) is 9.59 Å². The van der Waals surface area contributed by atoms with Crippen molar-refractivity contribution >= 4 is 11.9 Å². The Labute approximate surface area is 133 Å². The minimum absolute atomic E-state index is 0.112. The third kappa shape index (κ3) is 3.90. The van der Waals surface area contributed by atoms with Gasteiger partial charge in [-0.1, -0.05) is 39.8 Å². The Bertz CT molecular complexity index is 398. The molecular weight excluding hydrogens is 280 g/mol. The van der Waals surface area contributed by atoms with Crippen molar-refractivity contribution in [2.24, 2.45) is 35.5 Å². The number of allylic oxidation sites excluding steroid dienone is 2. The van der Waals surface area contributed by atoms with Crippen LogP contribution in [-0.4, -0.2) is 25.2 Å². The SMILES string of the molecule is CC(C)COC(=O)[C@@H]1[C@H](C(=O)OCC(C)C)[C@@H]2C=C[C@H]1CC2. The largest absolute Gasteiger partial charge is 0.465 e. The Morgan fingerprint density at radius 1 is 0.864 bits per heavy atom. The highest BCUT2D eigenvalue weighted by atomic mass is 16.5. The number of hydrogen-bond acceptors (Lipinski definition) is 4. The standard InChI is InChI=1S/C18H28O4/c1-11(2)9-21-17(19)15-13-5-7-14(8-6-13)16(15)18(20)22-10-12(3)4/h5,7,11-16H,6,8-10H2,1-4H3/t13-,14+,15-,16+. The second kappa shape index (κ2) is 7.30. The minimum Gasteiger partial charge on any atom is -0.465 e. The molecule has 3 aliphatic carbocycles. The lowest BCUT2D eigenvalue weighted by molar-refractivity contribution is -0.168. The minimum atomic E-state index is -0.373. The Balaban J connectivity index is 2.08. The number of carbonyl (C=O) groups is 2. The van der Waals surface area contributed by atoms with Gasteiger partial charge in [-0.15, -0.1) is 0 Å². The molecule has 0 saturated heterocycles. The second-order valence-electron chi connectivity index (χ2n) is 7.39. The number of carbonyl (C=O) groups excluding carboxylic acids is 2. The van der Waals surface area contributed by atoms with E-state index in [0.717, 1.165) is 12.8 Å². The molecule has 0 aromatic carbocycles. The first-order valence-corrected chi connectivity index (χ1v) is 8.41. The molecule has 3 rings (SSSR count). The van der Waals surface area contributed by atoms with Gasteiger partial charge in [0.1, 0.15) is 0 Å². The fourth-order valence-electron chi connectivity index (χ4n) is 3.33. The van der Waals surface area contributed by atoms with Gasteiger partial charge in [0.05, 0.1) is 25.0 Å². The summed E-state index contributed by atoms with van der Waals surface area (Å²) in [4.78, 5) is 25.0. The van der Waals surface area contributed by atoms with Crippen LogP contribution >= 0.6 is 0 Å². The van der Waals surface area contributed by atoms with Crippen molar-refractivity contribution in [2.45, 2.75) is 40.5 Å². The number of esters is 2. The predicted octanol–water partition coefficient (Wildman–Crippen LogP) is 3.21. The molecule has 2 bridgehead atoms. The highest BCUT2D eigenvalue weighted by molar-refractivity contribution is 5.83. The van der Waals surface area contributed by atoms with Crippen LogP contribution in [0.5, 0.6) is 0 Å². The van der Waals surface area contributed by atoms with Crippen LogP contribution in [0.25, 0.3) is 0 Å². The smallest absolute Gasteiger partial charge is 0.310 e. The normalized spacial score (nSPS) is 29.9. The maximum atomic E-state index is 12.5. The van der Waals surface area contributed by atoms with Crippen molar-refractivity contribution in [3.05, 3.63) is 12.2 Å². The second-order valence-corrected chi connectivity index (χ2v) is 7.39. The third-order valence-electron chi connectivity index (χ3n) is 4.41. The molecule has 1 saturated carbocycles. The van der Waals surface area contributed by atoms with Gasteiger partial charge in [-0.25, -0.2) is 0 Å². The Hall–Kier alpha value is -1.32. The summed E-state index contributed by atoms with van der Waals surface area (Å²) in [7, 11) is 0. The van der Waals surface area contributed by atoms with Gasteiger partial charge in [0.2, 0.25) is 0 Å². The van der Waals surface area contributed by atoms with Crippen LogP contribution in [0.15, 0.2) is 12.2 Å². The van der Waals surface area contributed by atoms with E-state index in [-0.39, 0.29) is 35.6 Å². The van der Waals surface area contributed by atoms with Gasteiger partial charge in [-0.2, -0.15) is 0 Å². The van der Waals surface area contributed by atoms with E-state index in [1.807, 2.05) is 27.7 Å². The molecule has 0 N–H and O–H groups in total. The molecule has 4 heteroatoms. The molecule has 22 heavy (non-hydrogen) atoms. The zero-order valence-electron chi connectivity index (χ0n) is 14.1. The van der Waals surface area contributed by atoms with E-state index >= 15 is 0 Å². The lowest BCUT2D eigenvalue weighted by Crippen LogP contribution is -2.46. The molecule has 0 unspecified atom stereocenters. The number of hydrogen-bond donors (Lipinski definition) is 0. The van der Waals surface area contributed by atoms with Gasteiger partial charge in [-0.05, 0) is 36.5 Å². The molecule has 1 fully saturated rings. The molecule has 0 aliphatic heterocycles. The van der Waals surface area contributed by atoms with Crippen LogP contribution in [0.4, 0.5) is 0 Å². The van der Waals surface area contributed by atoms with E-state index in [1.54, 1.807) is 0 Å². The van der Waals surface area contributed by atoms with E-state index in [2.05, 4.69) is 12.2 Å². The summed E-state index contributed by atoms with van der Waals surface area (Å²) >= 11 is 0. The van der Waals surface area contributed by atoms with E-state index in [1.165, 1.54) is 0 Å². The lowest BCUT2D eigenvalue weighted by Gasteiger charge is -2.42. The molecule has 0 aromatic rings. The molecule has 0 amide bonds. The summed E-state index contributed by atoms with van der Waals surface area (Å²) < 4.78 is 10.8. The van der Waals surface area contributed by atoms with Crippen molar-refractivity contribution in [3.8, 4) is 0 Å². The van der Waals surface area contributed by atoms with Crippen LogP contribution in [-0.2, 0) is 19.1 Å². The molecule has 0 radical (unpaired) electrons. The first-order valence-electron chi connectivity index (χ1n) is 8.41. The quantitative estimate of drug-likeness (QED) is 0.558. The highest BCUT2D eigenvalue weighted by Gasteiger charge is 2.49. The highest BCUT2D eigenvalue weighted by Crippen LogP contribution is 2.46. The van der Waals surface area contributed by atoms with Crippen molar-refractivity contribution < 1.29 is 19.1 Å². The maximum absolute atomic E-state index is 12.5. The summed E-state index contributed by atoms with van der Waals surface area (Å²) in [6.07, 6.45) is 6.08. The first-order chi connectivity index (χ1) is 10.4. The zero-order chi connectivity index (χ0) is 16.3. The Morgan fingerprint density at radius 3 is 1.50 bits per heavy atom. The topological polar surface area (TPSA) is 52.6 Å². The summed E-state index contributed by atoms with van der Waals surface area (Å²) in [5.41, 5.74) is 0. The first kappa shape index (κ1) is 17.0. The molecule has 4 atom stereocenters. The van der Waals surface area contributed by atoms with Crippen molar-refractivity contribution in [1.29, 1.82) is 0 Å². The average Bonchev–Trinajstić information content (AvgIpc) is 2.50. The van der Waals surface area contributed by atoms with Crippen LogP contribution in [0, 0.1) is 35.5 Å². The molecule has 3 aliphatic rings. The zero-order valence-corrected chi connectivity index (χ0v) is 14.1. The van der Waals surface area contributed by atoms with E-state index < -0.39 is 0 Å². The number of fused-ring (bicyclic) bond motifs is 2. The Morgan fingerprint density at radius 2 is 1.23 bits per heavy atom. The fraction of sp³-hybridized carbons (Fsp3) is 0.778. The van der Waals surface area contributed by atoms with Gasteiger partial charge in [0, 0.05) is 0 Å². The summed E-state index contributed by atoms with van der Waals surface area (Å²) in [6, 6.07) is 0. The Kier molecular flexibility index (Phi) is 5.65. The molecule has 124 valence electrons. The summed E-state index contributed by atoms with van der Waals surface area (Å²) in [5.74, 6) is -0.399. The summed E-state index contributed by atoms with van der Waals surface area (Å²) in [6.45, 7) is 8.85. The average molecular weight is 308 g/mol. The van der Waals surface area contributed by atoms with Gasteiger partial charge in [0.25, 0.3) is 0 Å². The monoisotopic (exact) mass is 308 g/mol. The van der Waals surface area contributed by atoms with Crippen LogP contribution in [0.3, 0.4) is 0 Å². The summed E-state index contributed by atoms with van der Waals surface area (Å²) in [5, 5.41) is 0. The fourth-order valence-corrected chi connectivity index (χ4v) is 3.33. The van der Waals surface area contributed by atoms with Crippen LogP contribution in [0.2, 0.25) is 0 Å². The van der Waals surface area contributed by atoms with E-state index in [9.17, 15) is 9.59 Å². The van der Waals surface area contributed by atoms with Gasteiger partial charge < -0.3 is 9.47 Å². The molecule has 0 heterocycles. The lowest BCUT2D eigenvalue weighted by atomic mass is 9.62. The third-order valence-corrected chi connectivity index (χ3v) is 4.41. The maximum Gasteiger partial charge on any atom is 0.310 e. The molecule has 0 spiro atoms. The van der Waals surface area contributed by atoms with Crippen LogP contribution < -0.4 is 0 Å². The van der Waals surface area contributed by atoms with Gasteiger partial charge >= 0.3 is 11.9 Å².